The highest BCUT2D eigenvalue weighted by Gasteiger charge is 2.24. The molecule has 0 spiro atoms. The smallest absolute Gasteiger partial charge is 0.166 e. The van der Waals surface area contributed by atoms with Gasteiger partial charge in [-0.3, -0.25) is 0 Å². The van der Waals surface area contributed by atoms with E-state index < -0.39 is 9.84 Å². The molecule has 4 nitrogen and oxygen atoms in total. The average Bonchev–Trinajstić information content (AvgIpc) is 2.77. The number of hydrogen-bond acceptors (Lipinski definition) is 4. The van der Waals surface area contributed by atoms with Crippen LogP contribution < -0.4 is 0 Å². The van der Waals surface area contributed by atoms with Gasteiger partial charge in [-0.1, -0.05) is 23.4 Å². The van der Waals surface area contributed by atoms with Gasteiger partial charge in [0.2, 0.25) is 0 Å². The highest BCUT2D eigenvalue weighted by atomic mass is 35.5. The summed E-state index contributed by atoms with van der Waals surface area (Å²) in [6, 6.07) is 5.54. The van der Waals surface area contributed by atoms with Crippen molar-refractivity contribution in [3.05, 3.63) is 23.2 Å². The second-order valence-corrected chi connectivity index (χ2v) is 8.81. The van der Waals surface area contributed by atoms with Gasteiger partial charge in [0, 0.05) is 10.8 Å². The number of imidazole rings is 1. The van der Waals surface area contributed by atoms with Crippen molar-refractivity contribution in [1.82, 2.24) is 9.97 Å². The fourth-order valence-corrected chi connectivity index (χ4v) is 5.59. The minimum absolute atomic E-state index is 0.232. The molecule has 1 aromatic heterocycles. The summed E-state index contributed by atoms with van der Waals surface area (Å²) in [6.07, 6.45) is 1.77. The Balaban J connectivity index is 1.67. The second-order valence-electron chi connectivity index (χ2n) is 5.14. The van der Waals surface area contributed by atoms with Crippen LogP contribution in [0.3, 0.4) is 0 Å². The molecule has 1 aliphatic rings. The molecule has 0 unspecified atom stereocenters. The standard InChI is InChI=1S/C13H15ClN2O2S2/c14-10-3-4-11-12(6-10)16-13(15-11)19-7-9-2-1-5-20(17,18)8-9/h3-4,6,9H,1-2,5,7-8H2,(H,15,16)/t9-/m0/s1. The number of aromatic nitrogens is 2. The third-order valence-corrected chi connectivity index (χ3v) is 6.67. The van der Waals surface area contributed by atoms with E-state index in [0.29, 0.717) is 16.5 Å². The van der Waals surface area contributed by atoms with Gasteiger partial charge >= 0.3 is 0 Å². The van der Waals surface area contributed by atoms with Crippen LogP contribution in [-0.2, 0) is 9.84 Å². The zero-order chi connectivity index (χ0) is 14.2. The normalized spacial score (nSPS) is 22.1. The Morgan fingerprint density at radius 1 is 1.45 bits per heavy atom. The Morgan fingerprint density at radius 2 is 2.30 bits per heavy atom. The molecule has 0 bridgehead atoms. The molecule has 1 aliphatic heterocycles. The van der Waals surface area contributed by atoms with Gasteiger partial charge in [0.1, 0.15) is 0 Å². The highest BCUT2D eigenvalue weighted by Crippen LogP contribution is 2.27. The monoisotopic (exact) mass is 330 g/mol. The molecular weight excluding hydrogens is 316 g/mol. The van der Waals surface area contributed by atoms with E-state index in [9.17, 15) is 8.42 Å². The summed E-state index contributed by atoms with van der Waals surface area (Å²) < 4.78 is 23.2. The number of nitrogens with one attached hydrogen (secondary N) is 1. The number of aromatic amines is 1. The molecule has 0 aliphatic carbocycles. The molecule has 0 amide bonds. The van der Waals surface area contributed by atoms with Gasteiger partial charge in [-0.15, -0.1) is 0 Å². The Bertz CT molecular complexity index is 727. The number of fused-ring (bicyclic) bond motifs is 1. The van der Waals surface area contributed by atoms with Crippen molar-refractivity contribution in [2.45, 2.75) is 18.0 Å². The molecule has 108 valence electrons. The number of sulfone groups is 1. The Morgan fingerprint density at radius 3 is 3.10 bits per heavy atom. The summed E-state index contributed by atoms with van der Waals surface area (Å²) >= 11 is 7.52. The maximum Gasteiger partial charge on any atom is 0.166 e. The first-order chi connectivity index (χ1) is 9.52. The fourth-order valence-electron chi connectivity index (χ4n) is 2.47. The Hall–Kier alpha value is -0.720. The van der Waals surface area contributed by atoms with E-state index >= 15 is 0 Å². The van der Waals surface area contributed by atoms with E-state index in [1.165, 1.54) is 0 Å². The van der Waals surface area contributed by atoms with Crippen LogP contribution >= 0.6 is 23.4 Å². The molecule has 0 radical (unpaired) electrons. The van der Waals surface area contributed by atoms with Crippen LogP contribution in [0.4, 0.5) is 0 Å². The van der Waals surface area contributed by atoms with E-state index in [0.717, 1.165) is 34.8 Å². The van der Waals surface area contributed by atoms with Gasteiger partial charge in [0.25, 0.3) is 0 Å². The first-order valence-electron chi connectivity index (χ1n) is 6.50. The van der Waals surface area contributed by atoms with Crippen LogP contribution in [0.5, 0.6) is 0 Å². The van der Waals surface area contributed by atoms with Gasteiger partial charge in [-0.25, -0.2) is 13.4 Å². The van der Waals surface area contributed by atoms with Crippen molar-refractivity contribution in [3.63, 3.8) is 0 Å². The predicted octanol–water partition coefficient (Wildman–Crippen LogP) is 3.13. The first kappa shape index (κ1) is 14.2. The molecule has 1 aromatic carbocycles. The van der Waals surface area contributed by atoms with Crippen LogP contribution in [0.15, 0.2) is 23.4 Å². The molecule has 1 atom stereocenters. The Labute approximate surface area is 127 Å². The number of halogens is 1. The third-order valence-electron chi connectivity index (χ3n) is 3.44. The number of rotatable bonds is 3. The molecule has 1 N–H and O–H groups in total. The van der Waals surface area contributed by atoms with E-state index in [4.69, 9.17) is 11.6 Å². The van der Waals surface area contributed by atoms with E-state index in [-0.39, 0.29) is 5.92 Å². The molecule has 1 fully saturated rings. The summed E-state index contributed by atoms with van der Waals surface area (Å²) in [6.45, 7) is 0. The van der Waals surface area contributed by atoms with Crippen LogP contribution in [0.1, 0.15) is 12.8 Å². The highest BCUT2D eigenvalue weighted by molar-refractivity contribution is 7.99. The lowest BCUT2D eigenvalue weighted by Gasteiger charge is -2.20. The summed E-state index contributed by atoms with van der Waals surface area (Å²) in [5.41, 5.74) is 1.80. The zero-order valence-corrected chi connectivity index (χ0v) is 13.2. The molecule has 20 heavy (non-hydrogen) atoms. The van der Waals surface area contributed by atoms with Gasteiger partial charge in [0.05, 0.1) is 22.5 Å². The first-order valence-corrected chi connectivity index (χ1v) is 9.69. The van der Waals surface area contributed by atoms with Crippen molar-refractivity contribution in [1.29, 1.82) is 0 Å². The van der Waals surface area contributed by atoms with Gasteiger partial charge in [0.15, 0.2) is 15.0 Å². The van der Waals surface area contributed by atoms with E-state index in [1.807, 2.05) is 18.2 Å². The quantitative estimate of drug-likeness (QED) is 0.878. The van der Waals surface area contributed by atoms with Crippen LogP contribution in [0.2, 0.25) is 5.02 Å². The van der Waals surface area contributed by atoms with E-state index in [2.05, 4.69) is 9.97 Å². The second kappa shape index (κ2) is 5.58. The van der Waals surface area contributed by atoms with Gasteiger partial charge < -0.3 is 4.98 Å². The number of hydrogen-bond donors (Lipinski definition) is 1. The summed E-state index contributed by atoms with van der Waals surface area (Å²) in [4.78, 5) is 7.69. The van der Waals surface area contributed by atoms with Crippen molar-refractivity contribution >= 4 is 44.2 Å². The molecule has 0 saturated carbocycles. The summed E-state index contributed by atoms with van der Waals surface area (Å²) in [5.74, 6) is 1.67. The zero-order valence-electron chi connectivity index (χ0n) is 10.8. The lowest BCUT2D eigenvalue weighted by Crippen LogP contribution is -2.26. The predicted molar refractivity (Wildman–Crippen MR) is 83.2 cm³/mol. The molecule has 3 rings (SSSR count). The van der Waals surface area contributed by atoms with Gasteiger partial charge in [-0.2, -0.15) is 0 Å². The Kier molecular flexibility index (Phi) is 3.97. The fraction of sp³-hybridized carbons (Fsp3) is 0.462. The SMILES string of the molecule is O=S1(=O)CCC[C@@H](CSc2nc3ccc(Cl)cc3[nH]2)C1. The van der Waals surface area contributed by atoms with Crippen LogP contribution in [0.25, 0.3) is 11.0 Å². The van der Waals surface area contributed by atoms with Crippen LogP contribution in [0, 0.1) is 5.92 Å². The molecule has 1 saturated heterocycles. The molecule has 7 heteroatoms. The lowest BCUT2D eigenvalue weighted by molar-refractivity contribution is 0.520. The van der Waals surface area contributed by atoms with Crippen molar-refractivity contribution in [3.8, 4) is 0 Å². The maximum absolute atomic E-state index is 11.6. The molecule has 2 heterocycles. The minimum atomic E-state index is -2.83. The summed E-state index contributed by atoms with van der Waals surface area (Å²) in [5, 5.41) is 1.50. The average molecular weight is 331 g/mol. The van der Waals surface area contributed by atoms with Gasteiger partial charge in [-0.05, 0) is 37.0 Å². The molecule has 2 aromatic rings. The van der Waals surface area contributed by atoms with Crippen molar-refractivity contribution in [2.75, 3.05) is 17.3 Å². The van der Waals surface area contributed by atoms with Crippen LogP contribution in [-0.4, -0.2) is 35.6 Å². The lowest BCUT2D eigenvalue weighted by atomic mass is 10.1. The number of thioether (sulfide) groups is 1. The minimum Gasteiger partial charge on any atom is -0.333 e. The largest absolute Gasteiger partial charge is 0.333 e. The third kappa shape index (κ3) is 3.30. The number of H-pyrrole nitrogens is 1. The summed E-state index contributed by atoms with van der Waals surface area (Å²) in [7, 11) is -2.83. The number of benzene rings is 1. The van der Waals surface area contributed by atoms with E-state index in [1.54, 1.807) is 11.8 Å². The van der Waals surface area contributed by atoms with Crippen molar-refractivity contribution < 1.29 is 8.42 Å². The number of nitrogens with zero attached hydrogens (tertiary/aromatic N) is 1. The topological polar surface area (TPSA) is 62.8 Å². The molecular formula is C13H15ClN2O2S2. The van der Waals surface area contributed by atoms with Crippen molar-refractivity contribution in [2.24, 2.45) is 5.92 Å². The maximum atomic E-state index is 11.6.